The summed E-state index contributed by atoms with van der Waals surface area (Å²) >= 11 is 0. The highest BCUT2D eigenvalue weighted by Gasteiger charge is 2.18. The summed E-state index contributed by atoms with van der Waals surface area (Å²) in [5.41, 5.74) is 0. The van der Waals surface area contributed by atoms with Crippen LogP contribution >= 0.6 is 0 Å². The van der Waals surface area contributed by atoms with E-state index in [4.69, 9.17) is 0 Å². The standard InChI is InChI=1S/C16H26N4O/c1-2-3-6-9-19-10-12-20(13-11-19)14-16(21)18-15-7-4-5-8-17-15/h4-5,7-8H,2-3,6,9-14H2,1H3,(H,17,18,21). The molecule has 2 heterocycles. The second-order valence-electron chi connectivity index (χ2n) is 5.59. The minimum Gasteiger partial charge on any atom is -0.310 e. The van der Waals surface area contributed by atoms with E-state index in [9.17, 15) is 4.79 Å². The summed E-state index contributed by atoms with van der Waals surface area (Å²) in [4.78, 5) is 20.8. The van der Waals surface area contributed by atoms with Gasteiger partial charge in [-0.25, -0.2) is 4.98 Å². The van der Waals surface area contributed by atoms with Crippen LogP contribution in [0, 0.1) is 0 Å². The van der Waals surface area contributed by atoms with Crippen LogP contribution in [0.25, 0.3) is 0 Å². The minimum absolute atomic E-state index is 0.0214. The number of amides is 1. The summed E-state index contributed by atoms with van der Waals surface area (Å²) in [6, 6.07) is 5.52. The Hall–Kier alpha value is -1.46. The molecule has 0 aliphatic carbocycles. The summed E-state index contributed by atoms with van der Waals surface area (Å²) in [6.07, 6.45) is 5.56. The quantitative estimate of drug-likeness (QED) is 0.778. The van der Waals surface area contributed by atoms with Gasteiger partial charge in [0.25, 0.3) is 0 Å². The second-order valence-corrected chi connectivity index (χ2v) is 5.59. The van der Waals surface area contributed by atoms with Crippen molar-refractivity contribution in [2.24, 2.45) is 0 Å². The minimum atomic E-state index is 0.0214. The Morgan fingerprint density at radius 2 is 1.95 bits per heavy atom. The molecule has 1 aromatic heterocycles. The fourth-order valence-electron chi connectivity index (χ4n) is 2.58. The molecule has 5 heteroatoms. The summed E-state index contributed by atoms with van der Waals surface area (Å²) in [5.74, 6) is 0.647. The first-order chi connectivity index (χ1) is 10.3. The van der Waals surface area contributed by atoms with Crippen molar-refractivity contribution >= 4 is 11.7 Å². The first-order valence-corrected chi connectivity index (χ1v) is 7.93. The molecule has 116 valence electrons. The number of nitrogens with one attached hydrogen (secondary N) is 1. The largest absolute Gasteiger partial charge is 0.310 e. The number of nitrogens with zero attached hydrogens (tertiary/aromatic N) is 3. The number of rotatable bonds is 7. The highest BCUT2D eigenvalue weighted by atomic mass is 16.2. The molecule has 1 amide bonds. The van der Waals surface area contributed by atoms with Gasteiger partial charge >= 0.3 is 0 Å². The lowest BCUT2D eigenvalue weighted by molar-refractivity contribution is -0.117. The number of carbonyl (C=O) groups is 1. The van der Waals surface area contributed by atoms with Gasteiger partial charge in [-0.15, -0.1) is 0 Å². The van der Waals surface area contributed by atoms with Gasteiger partial charge in [0, 0.05) is 32.4 Å². The van der Waals surface area contributed by atoms with Crippen molar-refractivity contribution < 1.29 is 4.79 Å². The Labute approximate surface area is 127 Å². The SMILES string of the molecule is CCCCCN1CCN(CC(=O)Nc2ccccn2)CC1. The van der Waals surface area contributed by atoms with Crippen molar-refractivity contribution in [2.45, 2.75) is 26.2 Å². The van der Waals surface area contributed by atoms with E-state index in [-0.39, 0.29) is 5.91 Å². The van der Waals surface area contributed by atoms with E-state index in [1.165, 1.54) is 25.8 Å². The third-order valence-corrected chi connectivity index (χ3v) is 3.84. The van der Waals surface area contributed by atoms with E-state index < -0.39 is 0 Å². The average Bonchev–Trinajstić information content (AvgIpc) is 2.50. The van der Waals surface area contributed by atoms with Gasteiger partial charge in [0.15, 0.2) is 0 Å². The van der Waals surface area contributed by atoms with Crippen molar-refractivity contribution in [2.75, 3.05) is 44.6 Å². The maximum absolute atomic E-state index is 12.0. The molecule has 1 N–H and O–H groups in total. The van der Waals surface area contributed by atoms with Crippen molar-refractivity contribution in [3.05, 3.63) is 24.4 Å². The van der Waals surface area contributed by atoms with E-state index in [0.717, 1.165) is 26.2 Å². The molecule has 1 fully saturated rings. The van der Waals surface area contributed by atoms with Crippen molar-refractivity contribution in [1.29, 1.82) is 0 Å². The van der Waals surface area contributed by atoms with Gasteiger partial charge in [-0.3, -0.25) is 9.69 Å². The van der Waals surface area contributed by atoms with Crippen LogP contribution in [0.5, 0.6) is 0 Å². The Bertz CT molecular complexity index is 416. The van der Waals surface area contributed by atoms with E-state index in [1.807, 2.05) is 18.2 Å². The van der Waals surface area contributed by atoms with Crippen LogP contribution in [-0.2, 0) is 4.79 Å². The first-order valence-electron chi connectivity index (χ1n) is 7.93. The van der Waals surface area contributed by atoms with Crippen LogP contribution in [0.3, 0.4) is 0 Å². The predicted octanol–water partition coefficient (Wildman–Crippen LogP) is 1.83. The number of carbonyl (C=O) groups excluding carboxylic acids is 1. The molecule has 1 aromatic rings. The number of hydrogen-bond donors (Lipinski definition) is 1. The van der Waals surface area contributed by atoms with Gasteiger partial charge in [-0.2, -0.15) is 0 Å². The summed E-state index contributed by atoms with van der Waals surface area (Å²) in [6.45, 7) is 7.98. The van der Waals surface area contributed by atoms with Crippen molar-refractivity contribution in [3.8, 4) is 0 Å². The maximum atomic E-state index is 12.0. The predicted molar refractivity (Wildman–Crippen MR) is 85.3 cm³/mol. The zero-order valence-electron chi connectivity index (χ0n) is 12.9. The van der Waals surface area contributed by atoms with Crippen LogP contribution in [-0.4, -0.2) is 60.0 Å². The van der Waals surface area contributed by atoms with Gasteiger partial charge < -0.3 is 10.2 Å². The molecule has 2 rings (SSSR count). The van der Waals surface area contributed by atoms with E-state index >= 15 is 0 Å². The maximum Gasteiger partial charge on any atom is 0.239 e. The van der Waals surface area contributed by atoms with Crippen molar-refractivity contribution in [1.82, 2.24) is 14.8 Å². The van der Waals surface area contributed by atoms with E-state index in [0.29, 0.717) is 12.4 Å². The zero-order chi connectivity index (χ0) is 14.9. The van der Waals surface area contributed by atoms with Crippen LogP contribution in [0.1, 0.15) is 26.2 Å². The molecule has 5 nitrogen and oxygen atoms in total. The van der Waals surface area contributed by atoms with Crippen LogP contribution < -0.4 is 5.32 Å². The summed E-state index contributed by atoms with van der Waals surface area (Å²) in [5, 5.41) is 2.84. The van der Waals surface area contributed by atoms with Gasteiger partial charge in [-0.1, -0.05) is 25.8 Å². The molecule has 0 unspecified atom stereocenters. The fraction of sp³-hybridized carbons (Fsp3) is 0.625. The molecular formula is C16H26N4O. The second kappa shape index (κ2) is 8.74. The van der Waals surface area contributed by atoms with E-state index in [2.05, 4.69) is 27.0 Å². The van der Waals surface area contributed by atoms with Crippen molar-refractivity contribution in [3.63, 3.8) is 0 Å². The molecule has 21 heavy (non-hydrogen) atoms. The third kappa shape index (κ3) is 5.81. The normalized spacial score (nSPS) is 16.8. The number of anilines is 1. The Balaban J connectivity index is 1.65. The molecule has 0 saturated carbocycles. The topological polar surface area (TPSA) is 48.5 Å². The van der Waals surface area contributed by atoms with Gasteiger partial charge in [0.1, 0.15) is 5.82 Å². The average molecular weight is 290 g/mol. The highest BCUT2D eigenvalue weighted by Crippen LogP contribution is 2.05. The monoisotopic (exact) mass is 290 g/mol. The molecule has 0 bridgehead atoms. The number of piperazine rings is 1. The highest BCUT2D eigenvalue weighted by molar-refractivity contribution is 5.91. The molecule has 1 saturated heterocycles. The Morgan fingerprint density at radius 3 is 2.62 bits per heavy atom. The summed E-state index contributed by atoms with van der Waals surface area (Å²) < 4.78 is 0. The first kappa shape index (κ1) is 15.9. The summed E-state index contributed by atoms with van der Waals surface area (Å²) in [7, 11) is 0. The molecule has 0 aromatic carbocycles. The molecule has 0 atom stereocenters. The van der Waals surface area contributed by atoms with Crippen LogP contribution in [0.2, 0.25) is 0 Å². The van der Waals surface area contributed by atoms with E-state index in [1.54, 1.807) is 6.20 Å². The van der Waals surface area contributed by atoms with Crippen LogP contribution in [0.4, 0.5) is 5.82 Å². The number of unbranched alkanes of at least 4 members (excludes halogenated alkanes) is 2. The van der Waals surface area contributed by atoms with Gasteiger partial charge in [-0.05, 0) is 25.1 Å². The third-order valence-electron chi connectivity index (χ3n) is 3.84. The molecular weight excluding hydrogens is 264 g/mol. The Kier molecular flexibility index (Phi) is 6.63. The molecule has 0 radical (unpaired) electrons. The van der Waals surface area contributed by atoms with Crippen LogP contribution in [0.15, 0.2) is 24.4 Å². The van der Waals surface area contributed by atoms with Gasteiger partial charge in [0.2, 0.25) is 5.91 Å². The zero-order valence-corrected chi connectivity index (χ0v) is 12.9. The lowest BCUT2D eigenvalue weighted by Gasteiger charge is -2.34. The Morgan fingerprint density at radius 1 is 1.19 bits per heavy atom. The number of aromatic nitrogens is 1. The molecule has 1 aliphatic heterocycles. The molecule has 1 aliphatic rings. The number of hydrogen-bond acceptors (Lipinski definition) is 4. The fourth-order valence-corrected chi connectivity index (χ4v) is 2.58. The number of pyridine rings is 1. The van der Waals surface area contributed by atoms with Gasteiger partial charge in [0.05, 0.1) is 6.54 Å². The molecule has 0 spiro atoms. The lowest BCUT2D eigenvalue weighted by atomic mass is 10.2. The lowest BCUT2D eigenvalue weighted by Crippen LogP contribution is -2.48. The smallest absolute Gasteiger partial charge is 0.239 e.